The lowest BCUT2D eigenvalue weighted by Crippen LogP contribution is -2.23. The molecule has 0 bridgehead atoms. The van der Waals surface area contributed by atoms with E-state index in [1.807, 2.05) is 6.07 Å². The number of fused-ring (bicyclic) bond motifs is 1. The molecule has 0 saturated carbocycles. The van der Waals surface area contributed by atoms with E-state index in [0.717, 1.165) is 30.5 Å². The largest absolute Gasteiger partial charge is 0.478 e. The number of carbonyl (C=O) groups is 1. The van der Waals surface area contributed by atoms with Gasteiger partial charge in [-0.25, -0.2) is 9.18 Å². The van der Waals surface area contributed by atoms with E-state index in [1.165, 1.54) is 18.2 Å². The Morgan fingerprint density at radius 1 is 1.24 bits per heavy atom. The lowest BCUT2D eigenvalue weighted by molar-refractivity contribution is 0.0692. The normalized spacial score (nSPS) is 13.2. The van der Waals surface area contributed by atoms with Gasteiger partial charge in [0.1, 0.15) is 5.82 Å². The van der Waals surface area contributed by atoms with Gasteiger partial charge in [0.05, 0.1) is 12.1 Å². The molecular weight excluding hydrogens is 273 g/mol. The topological polar surface area (TPSA) is 59.3 Å². The van der Waals surface area contributed by atoms with Gasteiger partial charge in [-0.3, -0.25) is 4.79 Å². The molecule has 1 aliphatic rings. The Bertz CT molecular complexity index is 780. The fourth-order valence-electron chi connectivity index (χ4n) is 2.82. The number of aromatic carboxylic acids is 1. The first kappa shape index (κ1) is 13.5. The summed E-state index contributed by atoms with van der Waals surface area (Å²) >= 11 is 0. The van der Waals surface area contributed by atoms with Crippen LogP contribution in [0.3, 0.4) is 0 Å². The highest BCUT2D eigenvalue weighted by molar-refractivity contribution is 5.87. The summed E-state index contributed by atoms with van der Waals surface area (Å²) in [6, 6.07) is 7.36. The van der Waals surface area contributed by atoms with Crippen LogP contribution in [0, 0.1) is 5.82 Å². The fourth-order valence-corrected chi connectivity index (χ4v) is 2.82. The molecule has 5 heteroatoms. The number of halogens is 1. The molecule has 108 valence electrons. The van der Waals surface area contributed by atoms with E-state index in [4.69, 9.17) is 5.11 Å². The van der Waals surface area contributed by atoms with E-state index in [0.29, 0.717) is 5.56 Å². The Morgan fingerprint density at radius 3 is 2.76 bits per heavy atom. The average molecular weight is 287 g/mol. The standard InChI is InChI=1S/C16H14FNO3/c17-13-8-10(4-6-12(13)16(20)21)9-18-14-3-1-2-11(14)5-7-15(18)19/h4-8H,1-3,9H2,(H,20,21). The molecule has 0 aliphatic heterocycles. The van der Waals surface area contributed by atoms with Gasteiger partial charge >= 0.3 is 5.97 Å². The van der Waals surface area contributed by atoms with Gasteiger partial charge in [0.2, 0.25) is 0 Å². The Kier molecular flexibility index (Phi) is 3.33. The molecular formula is C16H14FNO3. The van der Waals surface area contributed by atoms with Crippen LogP contribution in [0.25, 0.3) is 0 Å². The van der Waals surface area contributed by atoms with E-state index in [1.54, 1.807) is 10.6 Å². The molecule has 0 atom stereocenters. The number of carboxylic acid groups (broad SMARTS) is 1. The predicted octanol–water partition coefficient (Wildman–Crippen LogP) is 2.22. The van der Waals surface area contributed by atoms with Gasteiger partial charge in [-0.05, 0) is 42.5 Å². The van der Waals surface area contributed by atoms with Crippen molar-refractivity contribution in [2.24, 2.45) is 0 Å². The third-order valence-corrected chi connectivity index (χ3v) is 3.85. The van der Waals surface area contributed by atoms with Gasteiger partial charge in [0.15, 0.2) is 0 Å². The molecule has 1 aliphatic carbocycles. The van der Waals surface area contributed by atoms with Crippen LogP contribution in [0.4, 0.5) is 4.39 Å². The first-order chi connectivity index (χ1) is 10.1. The number of hydrogen-bond acceptors (Lipinski definition) is 2. The summed E-state index contributed by atoms with van der Waals surface area (Å²) in [5.74, 6) is -2.07. The Labute approximate surface area is 120 Å². The molecule has 1 heterocycles. The third kappa shape index (κ3) is 2.46. The first-order valence-electron chi connectivity index (χ1n) is 6.79. The SMILES string of the molecule is O=C(O)c1ccc(Cn2c3c(ccc2=O)CCC3)cc1F. The maximum Gasteiger partial charge on any atom is 0.338 e. The summed E-state index contributed by atoms with van der Waals surface area (Å²) in [6.07, 6.45) is 2.83. The number of rotatable bonds is 3. The van der Waals surface area contributed by atoms with Crippen molar-refractivity contribution < 1.29 is 14.3 Å². The number of aryl methyl sites for hydroxylation is 1. The minimum atomic E-state index is -1.29. The minimum Gasteiger partial charge on any atom is -0.478 e. The van der Waals surface area contributed by atoms with Gasteiger partial charge < -0.3 is 9.67 Å². The van der Waals surface area contributed by atoms with Crippen LogP contribution in [0.1, 0.15) is 33.6 Å². The molecule has 21 heavy (non-hydrogen) atoms. The Balaban J connectivity index is 1.98. The first-order valence-corrected chi connectivity index (χ1v) is 6.79. The van der Waals surface area contributed by atoms with Gasteiger partial charge in [-0.15, -0.1) is 0 Å². The summed E-state index contributed by atoms with van der Waals surface area (Å²) in [5, 5.41) is 8.82. The average Bonchev–Trinajstić information content (AvgIpc) is 2.90. The number of carboxylic acids is 1. The van der Waals surface area contributed by atoms with Gasteiger partial charge in [0.25, 0.3) is 5.56 Å². The molecule has 1 aromatic carbocycles. The van der Waals surface area contributed by atoms with Crippen LogP contribution >= 0.6 is 0 Å². The van der Waals surface area contributed by atoms with Crippen LogP contribution in [-0.4, -0.2) is 15.6 Å². The van der Waals surface area contributed by atoms with Crippen molar-refractivity contribution in [1.82, 2.24) is 4.57 Å². The quantitative estimate of drug-likeness (QED) is 0.941. The van der Waals surface area contributed by atoms with Gasteiger partial charge in [-0.1, -0.05) is 12.1 Å². The molecule has 2 aromatic rings. The molecule has 0 fully saturated rings. The van der Waals surface area contributed by atoms with Crippen molar-refractivity contribution >= 4 is 5.97 Å². The molecule has 0 amide bonds. The van der Waals surface area contributed by atoms with Crippen molar-refractivity contribution in [2.45, 2.75) is 25.8 Å². The second-order valence-corrected chi connectivity index (χ2v) is 5.20. The lowest BCUT2D eigenvalue weighted by Gasteiger charge is -2.12. The molecule has 0 unspecified atom stereocenters. The van der Waals surface area contributed by atoms with E-state index in [-0.39, 0.29) is 17.7 Å². The minimum absolute atomic E-state index is 0.113. The number of nitrogens with zero attached hydrogens (tertiary/aromatic N) is 1. The number of hydrogen-bond donors (Lipinski definition) is 1. The molecule has 0 radical (unpaired) electrons. The molecule has 3 rings (SSSR count). The lowest BCUT2D eigenvalue weighted by atomic mass is 10.1. The Morgan fingerprint density at radius 2 is 2.05 bits per heavy atom. The van der Waals surface area contributed by atoms with Crippen LogP contribution < -0.4 is 5.56 Å². The third-order valence-electron chi connectivity index (χ3n) is 3.85. The van der Waals surface area contributed by atoms with Crippen molar-refractivity contribution in [3.05, 3.63) is 68.9 Å². The number of pyridine rings is 1. The van der Waals surface area contributed by atoms with Gasteiger partial charge in [0, 0.05) is 11.8 Å². The molecule has 0 saturated heterocycles. The molecule has 4 nitrogen and oxygen atoms in total. The Hall–Kier alpha value is -2.43. The van der Waals surface area contributed by atoms with Crippen LogP contribution in [0.5, 0.6) is 0 Å². The van der Waals surface area contributed by atoms with Crippen molar-refractivity contribution in [1.29, 1.82) is 0 Å². The highest BCUT2D eigenvalue weighted by Gasteiger charge is 2.17. The van der Waals surface area contributed by atoms with Crippen molar-refractivity contribution in [3.63, 3.8) is 0 Å². The van der Waals surface area contributed by atoms with Crippen LogP contribution in [0.2, 0.25) is 0 Å². The predicted molar refractivity (Wildman–Crippen MR) is 75.2 cm³/mol. The monoisotopic (exact) mass is 287 g/mol. The molecule has 0 spiro atoms. The number of benzene rings is 1. The van der Waals surface area contributed by atoms with Crippen molar-refractivity contribution in [2.75, 3.05) is 0 Å². The van der Waals surface area contributed by atoms with Crippen LogP contribution in [0.15, 0.2) is 35.1 Å². The maximum absolute atomic E-state index is 13.7. The summed E-state index contributed by atoms with van der Waals surface area (Å²) in [6.45, 7) is 0.263. The highest BCUT2D eigenvalue weighted by atomic mass is 19.1. The zero-order chi connectivity index (χ0) is 15.0. The van der Waals surface area contributed by atoms with E-state index in [2.05, 4.69) is 0 Å². The van der Waals surface area contributed by atoms with Crippen molar-refractivity contribution in [3.8, 4) is 0 Å². The van der Waals surface area contributed by atoms with Crippen LogP contribution in [-0.2, 0) is 19.4 Å². The highest BCUT2D eigenvalue weighted by Crippen LogP contribution is 2.21. The summed E-state index contributed by atoms with van der Waals surface area (Å²) in [7, 11) is 0. The smallest absolute Gasteiger partial charge is 0.338 e. The fraction of sp³-hybridized carbons (Fsp3) is 0.250. The maximum atomic E-state index is 13.7. The van der Waals surface area contributed by atoms with E-state index < -0.39 is 11.8 Å². The number of aromatic nitrogens is 1. The van der Waals surface area contributed by atoms with Gasteiger partial charge in [-0.2, -0.15) is 0 Å². The summed E-state index contributed by atoms with van der Waals surface area (Å²) in [5.41, 5.74) is 2.28. The molecule has 1 N–H and O–H groups in total. The second-order valence-electron chi connectivity index (χ2n) is 5.20. The second kappa shape index (κ2) is 5.16. The van der Waals surface area contributed by atoms with E-state index >= 15 is 0 Å². The summed E-state index contributed by atoms with van der Waals surface area (Å²) < 4.78 is 15.4. The molecule has 1 aromatic heterocycles. The summed E-state index contributed by atoms with van der Waals surface area (Å²) in [4.78, 5) is 22.8. The van der Waals surface area contributed by atoms with E-state index in [9.17, 15) is 14.0 Å². The zero-order valence-corrected chi connectivity index (χ0v) is 11.3. The zero-order valence-electron chi connectivity index (χ0n) is 11.3.